The number of ketones is 3. The molecular formula is C72H92N10O20. The molecule has 4 aromatic rings. The van der Waals surface area contributed by atoms with Gasteiger partial charge in [0.1, 0.15) is 46.2 Å². The van der Waals surface area contributed by atoms with Crippen LogP contribution in [0.3, 0.4) is 0 Å². The molecule has 2 fully saturated rings. The van der Waals surface area contributed by atoms with E-state index in [-0.39, 0.29) is 80.1 Å². The second-order valence-electron chi connectivity index (χ2n) is 27.1. The number of aliphatic hydroxyl groups is 5. The van der Waals surface area contributed by atoms with Crippen LogP contribution in [0.2, 0.25) is 0 Å². The van der Waals surface area contributed by atoms with Crippen molar-refractivity contribution in [3.05, 3.63) is 123 Å². The van der Waals surface area contributed by atoms with Gasteiger partial charge in [-0.3, -0.25) is 53.9 Å². The van der Waals surface area contributed by atoms with Crippen LogP contribution < -0.4 is 32.0 Å². The number of anilines is 2. The molecule has 1 saturated carbocycles. The van der Waals surface area contributed by atoms with Gasteiger partial charge in [0, 0.05) is 137 Å². The highest BCUT2D eigenvalue weighted by Gasteiger charge is 2.64. The van der Waals surface area contributed by atoms with E-state index in [9.17, 15) is 79.5 Å². The molecule has 102 heavy (non-hydrogen) atoms. The van der Waals surface area contributed by atoms with Crippen molar-refractivity contribution in [2.45, 2.75) is 110 Å². The standard InChI is InChI=1S/C43H58N4O12.C23H27N3O7.C6H7N3O/c1-21-12-11-13-22(2)42(55)45-33-28(20-44-47-17-15-46(9)16-18-47)37(52)30-31(38(33)53)36(51)26(6)40-32(30)41(54)43(8,59-40)57-19-14-29(56-10)23(3)39(58-27(7)48)25(5)35(50)24(4)34(21)49;1-25(2)12-5-6-13(27)15-10(12)7-9-8-11-17(26(3)4)19(29)16(22(24)32)21(31)23(11,33)20(30)14(9)18(15)28;7-9-6(10)5-1-3-8-4-2-5/h11-14,19-21,23-25,29,34-35,39,49-53H,15-18H2,1-10H3,(H,45,55);5-6,9,11,17,27-28,31,33H,7-8H2,1-4H3,(H2,24,32);1-4H,7H2,(H,9,10)/b12-11+,19-14+,22-13-,44-20+;;/t21-,23+,24+,25+,29-,34-,35+,39+,43-;9-,11-,17-,23-;/m00./s1. The number of nitrogens with two attached hydrogens (primary N) is 2. The Morgan fingerprint density at radius 3 is 2.09 bits per heavy atom. The maximum absolute atomic E-state index is 14.4. The number of aromatic hydroxyl groups is 4. The number of nitrogen functional groups attached to an aromatic ring is 1. The number of methoxy groups -OCH3 is 1. The summed E-state index contributed by atoms with van der Waals surface area (Å²) < 4.78 is 23.6. The lowest BCUT2D eigenvalue weighted by atomic mass is 9.57. The van der Waals surface area contributed by atoms with Gasteiger partial charge < -0.3 is 85.8 Å². The number of phenolic OH excluding ortho intramolecular Hbond substituents is 4. The molecule has 30 heteroatoms. The SMILES string of the molecule is CN(C)c1ccc(O)c2c1C[C@H]1C[C@H]3[C@H](N(C)C)C(=O)C(C(N)=O)=C(O)[C@@]3(O)C(=O)C1=C2O.CO[C@H]1/C=C/O[C@@]2(C)Oc3c(C)c(O)c4c(O)c(c(/C=N/N5CCN(C)CC5)c(O)c4c3C2=O)NC(=O)/C(C)=C\C=C\[C@H](C)[C@H](O)[C@@H](C)[C@@H](O)[C@@H](C)[C@H](OC(C)=O)[C@@H]1C.NNC(=O)c1ccncc1. The van der Waals surface area contributed by atoms with Crippen LogP contribution in [0.4, 0.5) is 11.4 Å². The summed E-state index contributed by atoms with van der Waals surface area (Å²) in [5.74, 6) is -10.3. The van der Waals surface area contributed by atoms with Crippen LogP contribution >= 0.6 is 0 Å². The summed E-state index contributed by atoms with van der Waals surface area (Å²) in [5.41, 5.74) is 5.32. The number of aliphatic hydroxyl groups excluding tert-OH is 4. The second-order valence-corrected chi connectivity index (χ2v) is 27.1. The number of hydrogen-bond donors (Lipinski definition) is 13. The van der Waals surface area contributed by atoms with Crippen LogP contribution in [0.25, 0.3) is 16.5 Å². The Morgan fingerprint density at radius 2 is 1.50 bits per heavy atom. The molecule has 30 nitrogen and oxygen atoms in total. The predicted molar refractivity (Wildman–Crippen MR) is 375 cm³/mol. The van der Waals surface area contributed by atoms with Crippen molar-refractivity contribution in [1.29, 1.82) is 0 Å². The van der Waals surface area contributed by atoms with Crippen LogP contribution in [-0.4, -0.2) is 223 Å². The summed E-state index contributed by atoms with van der Waals surface area (Å²) in [4.78, 5) is 99.1. The van der Waals surface area contributed by atoms with Crippen molar-refractivity contribution in [3.8, 4) is 28.7 Å². The average Bonchev–Trinajstić information content (AvgIpc) is 0.840. The summed E-state index contributed by atoms with van der Waals surface area (Å²) in [6.07, 6.45) is 8.25. The number of hydrogen-bond acceptors (Lipinski definition) is 27. The van der Waals surface area contributed by atoms with Gasteiger partial charge in [-0.25, -0.2) is 5.84 Å². The van der Waals surface area contributed by atoms with Crippen LogP contribution in [0, 0.1) is 42.4 Å². The third kappa shape index (κ3) is 14.7. The topological polar surface area (TPSA) is 453 Å². The lowest BCUT2D eigenvalue weighted by molar-refractivity contribution is -0.160. The number of fused-ring (bicyclic) bond motifs is 17. The highest BCUT2D eigenvalue weighted by Crippen LogP contribution is 2.57. The number of allylic oxidation sites excluding steroid dienone is 2. The minimum absolute atomic E-state index is 0.0559. The lowest BCUT2D eigenvalue weighted by Gasteiger charge is -2.50. The van der Waals surface area contributed by atoms with Gasteiger partial charge in [-0.05, 0) is 89.7 Å². The highest BCUT2D eigenvalue weighted by atomic mass is 16.7. The van der Waals surface area contributed by atoms with Gasteiger partial charge in [-0.15, -0.1) is 0 Å². The number of pyridine rings is 1. The number of carbonyl (C=O) groups is 7. The molecule has 15 N–H and O–H groups in total. The smallest absolute Gasteiger partial charge is 0.312 e. The first-order chi connectivity index (χ1) is 47.9. The summed E-state index contributed by atoms with van der Waals surface area (Å²) >= 11 is 0. The third-order valence-electron chi connectivity index (χ3n) is 20.0. The monoisotopic (exact) mass is 1420 g/mol. The van der Waals surface area contributed by atoms with E-state index in [1.54, 1.807) is 77.2 Å². The number of ether oxygens (including phenoxy) is 4. The number of rotatable bonds is 8. The molecule has 0 radical (unpaired) electrons. The zero-order valence-electron chi connectivity index (χ0n) is 59.4. The number of nitrogens with zero attached hydrogens (tertiary/aromatic N) is 6. The molecule has 5 heterocycles. The highest BCUT2D eigenvalue weighted by molar-refractivity contribution is 6.25. The second kappa shape index (κ2) is 31.1. The molecule has 5 bridgehead atoms. The molecule has 1 saturated heterocycles. The van der Waals surface area contributed by atoms with Crippen LogP contribution in [0.1, 0.15) is 97.9 Å². The van der Waals surface area contributed by atoms with Gasteiger partial charge in [-0.1, -0.05) is 45.9 Å². The van der Waals surface area contributed by atoms with E-state index in [2.05, 4.69) is 20.3 Å². The van der Waals surface area contributed by atoms with Crippen molar-refractivity contribution in [2.75, 3.05) is 78.7 Å². The molecule has 13 atom stereocenters. The number of likely N-dealkylation sites (N-methyl/N-ethyl adjacent to an activating group) is 2. The number of primary amides is 1. The molecule has 3 amide bonds. The van der Waals surface area contributed by atoms with Crippen molar-refractivity contribution >= 4 is 75.2 Å². The molecule has 1 aromatic heterocycles. The number of piperazine rings is 1. The van der Waals surface area contributed by atoms with Crippen molar-refractivity contribution in [1.82, 2.24) is 25.2 Å². The fraction of sp³-hybridized carbons (Fsp3) is 0.458. The van der Waals surface area contributed by atoms with E-state index in [1.165, 1.54) is 82.8 Å². The summed E-state index contributed by atoms with van der Waals surface area (Å²) in [6.45, 7) is 15.1. The zero-order valence-corrected chi connectivity index (χ0v) is 59.4. The number of hydrazone groups is 1. The molecule has 4 aliphatic heterocycles. The Balaban J connectivity index is 0.000000254. The first kappa shape index (κ1) is 77.8. The van der Waals surface area contributed by atoms with Gasteiger partial charge in [0.25, 0.3) is 23.5 Å². The van der Waals surface area contributed by atoms with Crippen molar-refractivity contribution in [2.24, 2.45) is 52.2 Å². The van der Waals surface area contributed by atoms with Gasteiger partial charge in [0.2, 0.25) is 5.78 Å². The predicted octanol–water partition coefficient (Wildman–Crippen LogP) is 4.05. The van der Waals surface area contributed by atoms with E-state index in [0.717, 1.165) is 18.8 Å². The normalized spacial score (nSPS) is 28.8. The van der Waals surface area contributed by atoms with E-state index in [0.29, 0.717) is 24.2 Å². The Labute approximate surface area is 589 Å². The molecular weight excluding hydrogens is 1320 g/mol. The lowest BCUT2D eigenvalue weighted by Crippen LogP contribution is -2.65. The summed E-state index contributed by atoms with van der Waals surface area (Å²) in [5, 5.41) is 111. The van der Waals surface area contributed by atoms with Crippen molar-refractivity contribution in [3.63, 3.8) is 0 Å². The van der Waals surface area contributed by atoms with Crippen LogP contribution in [-0.2, 0) is 44.6 Å². The Bertz CT molecular complexity index is 4160. The zero-order chi connectivity index (χ0) is 75.6. The fourth-order valence-electron chi connectivity index (χ4n) is 14.2. The summed E-state index contributed by atoms with van der Waals surface area (Å²) in [7, 11) is 10.2. The molecule has 7 aliphatic rings. The molecule has 3 aromatic carbocycles. The quantitative estimate of drug-likeness (QED) is 0.0173. The van der Waals surface area contributed by atoms with Crippen molar-refractivity contribution < 1.29 is 98.5 Å². The van der Waals surface area contributed by atoms with Crippen LogP contribution in [0.5, 0.6) is 28.7 Å². The first-order valence-electron chi connectivity index (χ1n) is 33.0. The molecule has 0 unspecified atom stereocenters. The van der Waals surface area contributed by atoms with E-state index in [1.807, 2.05) is 31.5 Å². The molecule has 0 spiro atoms. The van der Waals surface area contributed by atoms with E-state index >= 15 is 0 Å². The maximum atomic E-state index is 14.4. The number of nitrogens with one attached hydrogen (secondary N) is 2. The van der Waals surface area contributed by atoms with Crippen LogP contribution in [0.15, 0.2) is 94.8 Å². The average molecular weight is 1420 g/mol. The largest absolute Gasteiger partial charge is 0.508 e. The Morgan fingerprint density at radius 1 is 0.853 bits per heavy atom. The number of amides is 3. The minimum Gasteiger partial charge on any atom is -0.508 e. The molecule has 550 valence electrons. The summed E-state index contributed by atoms with van der Waals surface area (Å²) in [6, 6.07) is 5.18. The van der Waals surface area contributed by atoms with Gasteiger partial charge in [0.15, 0.2) is 17.1 Å². The van der Waals surface area contributed by atoms with Gasteiger partial charge in [0.05, 0.1) is 64.6 Å². The number of esters is 1. The first-order valence-corrected chi connectivity index (χ1v) is 33.0. The fourth-order valence-corrected chi connectivity index (χ4v) is 14.2. The third-order valence-corrected chi connectivity index (χ3v) is 20.0. The Kier molecular flexibility index (Phi) is 23.7. The van der Waals surface area contributed by atoms with E-state index < -0.39 is 147 Å². The number of carbonyl (C=O) groups excluding carboxylic acids is 7. The number of phenols is 4. The van der Waals surface area contributed by atoms with Gasteiger partial charge >= 0.3 is 11.8 Å². The van der Waals surface area contributed by atoms with E-state index in [4.69, 9.17) is 30.5 Å². The maximum Gasteiger partial charge on any atom is 0.312 e. The van der Waals surface area contributed by atoms with Gasteiger partial charge in [-0.2, -0.15) is 5.10 Å². The number of hydrazine groups is 1. The number of benzene rings is 3. The Hall–Kier alpha value is -9.95. The number of Topliss-reactive ketones (excluding diaryl/α,β-unsaturated/α-hetero) is 3. The minimum atomic E-state index is -2.63. The molecule has 3 aliphatic carbocycles. The number of aromatic nitrogens is 1. The molecule has 11 rings (SSSR count).